The van der Waals surface area contributed by atoms with Crippen LogP contribution in [0.2, 0.25) is 0 Å². The molecule has 0 aliphatic carbocycles. The maximum atomic E-state index is 11.8. The van der Waals surface area contributed by atoms with Gasteiger partial charge < -0.3 is 0 Å². The van der Waals surface area contributed by atoms with E-state index in [-0.39, 0.29) is 0 Å². The fourth-order valence-electron chi connectivity index (χ4n) is 2.58. The van der Waals surface area contributed by atoms with E-state index in [1.165, 1.54) is 0 Å². The molecule has 0 aliphatic heterocycles. The highest BCUT2D eigenvalue weighted by molar-refractivity contribution is 6.20. The largest absolute Gasteiger partial charge is 0.298 e. The van der Waals surface area contributed by atoms with Crippen molar-refractivity contribution in [2.24, 2.45) is 0 Å². The molecule has 0 atom stereocenters. The van der Waals surface area contributed by atoms with Crippen molar-refractivity contribution in [1.29, 1.82) is 0 Å². The first-order chi connectivity index (χ1) is 10.9. The summed E-state index contributed by atoms with van der Waals surface area (Å²) in [6, 6.07) is 29.9. The third-order valence-corrected chi connectivity index (χ3v) is 3.60. The summed E-state index contributed by atoms with van der Waals surface area (Å²) < 4.78 is 0. The Morgan fingerprint density at radius 2 is 0.909 bits per heavy atom. The second-order valence-electron chi connectivity index (χ2n) is 5.00. The Kier molecular flexibility index (Phi) is 4.26. The molecule has 0 amide bonds. The summed E-state index contributed by atoms with van der Waals surface area (Å²) in [4.78, 5) is 11.8. The molecule has 0 bridgehead atoms. The summed E-state index contributed by atoms with van der Waals surface area (Å²) in [7, 11) is 0. The van der Waals surface area contributed by atoms with Crippen LogP contribution in [0.3, 0.4) is 0 Å². The fourth-order valence-corrected chi connectivity index (χ4v) is 2.58. The topological polar surface area (TPSA) is 17.1 Å². The van der Waals surface area contributed by atoms with E-state index in [1.807, 2.05) is 91.0 Å². The Hall–Kier alpha value is -2.93. The van der Waals surface area contributed by atoms with Crippen LogP contribution in [0.25, 0.3) is 11.1 Å². The van der Waals surface area contributed by atoms with Gasteiger partial charge in [0.15, 0.2) is 6.29 Å². The first kappa shape index (κ1) is 14.0. The van der Waals surface area contributed by atoms with Gasteiger partial charge >= 0.3 is 0 Å². The van der Waals surface area contributed by atoms with Crippen LogP contribution in [0, 0.1) is 0 Å². The summed E-state index contributed by atoms with van der Waals surface area (Å²) in [5, 5.41) is 0. The third-order valence-electron chi connectivity index (χ3n) is 3.60. The molecule has 0 spiro atoms. The number of allylic oxidation sites excluding steroid dienone is 1. The Labute approximate surface area is 130 Å². The summed E-state index contributed by atoms with van der Waals surface area (Å²) in [6.45, 7) is 0. The minimum absolute atomic E-state index is 0.706. The van der Waals surface area contributed by atoms with Crippen molar-refractivity contribution in [2.75, 3.05) is 0 Å². The molecule has 22 heavy (non-hydrogen) atoms. The maximum absolute atomic E-state index is 11.8. The highest BCUT2D eigenvalue weighted by Gasteiger charge is 2.12. The molecule has 0 heterocycles. The van der Waals surface area contributed by atoms with Crippen LogP contribution in [-0.4, -0.2) is 6.29 Å². The summed E-state index contributed by atoms with van der Waals surface area (Å²) in [6.07, 6.45) is 0.949. The van der Waals surface area contributed by atoms with Crippen molar-refractivity contribution in [3.63, 3.8) is 0 Å². The lowest BCUT2D eigenvalue weighted by molar-refractivity contribution is -0.103. The predicted octanol–water partition coefficient (Wildman–Crippen LogP) is 4.84. The van der Waals surface area contributed by atoms with Gasteiger partial charge in [0.1, 0.15) is 0 Å². The average Bonchev–Trinajstić information content (AvgIpc) is 2.62. The van der Waals surface area contributed by atoms with Crippen LogP contribution in [0.4, 0.5) is 0 Å². The normalized spacial score (nSPS) is 10.0. The number of rotatable bonds is 4. The van der Waals surface area contributed by atoms with Crippen molar-refractivity contribution >= 4 is 17.4 Å². The summed E-state index contributed by atoms with van der Waals surface area (Å²) in [5.41, 5.74) is 4.68. The first-order valence-corrected chi connectivity index (χ1v) is 7.26. The molecule has 0 radical (unpaired) electrons. The average molecular weight is 284 g/mol. The Bertz CT molecular complexity index is 730. The lowest BCUT2D eigenvalue weighted by Crippen LogP contribution is -1.96. The van der Waals surface area contributed by atoms with Crippen LogP contribution in [0.1, 0.15) is 16.7 Å². The molecule has 0 saturated carbocycles. The zero-order valence-corrected chi connectivity index (χ0v) is 12.1. The van der Waals surface area contributed by atoms with E-state index in [1.54, 1.807) is 0 Å². The SMILES string of the molecule is O=CC(=C(c1ccccc1)c1ccccc1)c1ccccc1. The van der Waals surface area contributed by atoms with Crippen LogP contribution in [0.15, 0.2) is 91.0 Å². The van der Waals surface area contributed by atoms with Gasteiger partial charge in [-0.3, -0.25) is 4.79 Å². The van der Waals surface area contributed by atoms with E-state index in [2.05, 4.69) is 0 Å². The predicted molar refractivity (Wildman–Crippen MR) is 91.3 cm³/mol. The lowest BCUT2D eigenvalue weighted by Gasteiger charge is -2.13. The Morgan fingerprint density at radius 1 is 0.545 bits per heavy atom. The van der Waals surface area contributed by atoms with Crippen molar-refractivity contribution < 1.29 is 4.79 Å². The molecule has 3 aromatic carbocycles. The standard InChI is InChI=1S/C21H16O/c22-16-20(17-10-4-1-5-11-17)21(18-12-6-2-7-13-18)19-14-8-3-9-15-19/h1-16H. The highest BCUT2D eigenvalue weighted by atomic mass is 16.1. The van der Waals surface area contributed by atoms with Crippen LogP contribution < -0.4 is 0 Å². The van der Waals surface area contributed by atoms with Gasteiger partial charge in [0.25, 0.3) is 0 Å². The zero-order chi connectivity index (χ0) is 15.2. The second kappa shape index (κ2) is 6.68. The number of aldehydes is 1. The second-order valence-corrected chi connectivity index (χ2v) is 5.00. The molecule has 0 unspecified atom stereocenters. The summed E-state index contributed by atoms with van der Waals surface area (Å²) in [5.74, 6) is 0. The lowest BCUT2D eigenvalue weighted by atomic mass is 9.90. The van der Waals surface area contributed by atoms with Crippen molar-refractivity contribution in [3.8, 4) is 0 Å². The Morgan fingerprint density at radius 3 is 1.27 bits per heavy atom. The van der Waals surface area contributed by atoms with Crippen molar-refractivity contribution in [1.82, 2.24) is 0 Å². The number of benzene rings is 3. The maximum Gasteiger partial charge on any atom is 0.151 e. The van der Waals surface area contributed by atoms with Gasteiger partial charge in [-0.1, -0.05) is 91.0 Å². The van der Waals surface area contributed by atoms with Gasteiger partial charge in [0, 0.05) is 5.57 Å². The van der Waals surface area contributed by atoms with E-state index in [0.717, 1.165) is 28.5 Å². The van der Waals surface area contributed by atoms with Gasteiger partial charge in [-0.2, -0.15) is 0 Å². The minimum Gasteiger partial charge on any atom is -0.298 e. The summed E-state index contributed by atoms with van der Waals surface area (Å²) >= 11 is 0. The van der Waals surface area contributed by atoms with Gasteiger partial charge in [-0.05, 0) is 22.3 Å². The quantitative estimate of drug-likeness (QED) is 0.380. The van der Waals surface area contributed by atoms with E-state index < -0.39 is 0 Å². The molecule has 1 nitrogen and oxygen atoms in total. The van der Waals surface area contributed by atoms with Crippen LogP contribution in [0.5, 0.6) is 0 Å². The van der Waals surface area contributed by atoms with E-state index in [9.17, 15) is 4.79 Å². The van der Waals surface area contributed by atoms with Crippen molar-refractivity contribution in [2.45, 2.75) is 0 Å². The number of carbonyl (C=O) groups is 1. The zero-order valence-electron chi connectivity index (χ0n) is 12.1. The van der Waals surface area contributed by atoms with E-state index >= 15 is 0 Å². The van der Waals surface area contributed by atoms with Gasteiger partial charge in [0.2, 0.25) is 0 Å². The molecule has 0 N–H and O–H groups in total. The molecule has 0 aromatic heterocycles. The third kappa shape index (κ3) is 2.89. The minimum atomic E-state index is 0.706. The number of hydrogen-bond donors (Lipinski definition) is 0. The molecular formula is C21H16O. The monoisotopic (exact) mass is 284 g/mol. The van der Waals surface area contributed by atoms with Gasteiger partial charge in [-0.25, -0.2) is 0 Å². The molecule has 0 fully saturated rings. The van der Waals surface area contributed by atoms with Crippen LogP contribution >= 0.6 is 0 Å². The Balaban J connectivity index is 2.29. The van der Waals surface area contributed by atoms with Gasteiger partial charge in [-0.15, -0.1) is 0 Å². The number of hydrogen-bond acceptors (Lipinski definition) is 1. The first-order valence-electron chi connectivity index (χ1n) is 7.26. The molecular weight excluding hydrogens is 268 g/mol. The van der Waals surface area contributed by atoms with Crippen molar-refractivity contribution in [3.05, 3.63) is 108 Å². The van der Waals surface area contributed by atoms with E-state index in [4.69, 9.17) is 0 Å². The molecule has 3 rings (SSSR count). The smallest absolute Gasteiger partial charge is 0.151 e. The molecule has 0 aliphatic rings. The molecule has 1 heteroatoms. The fraction of sp³-hybridized carbons (Fsp3) is 0. The molecule has 0 saturated heterocycles. The highest BCUT2D eigenvalue weighted by Crippen LogP contribution is 2.30. The number of carbonyl (C=O) groups excluding carboxylic acids is 1. The van der Waals surface area contributed by atoms with Gasteiger partial charge in [0.05, 0.1) is 0 Å². The molecule has 106 valence electrons. The molecule has 3 aromatic rings. The van der Waals surface area contributed by atoms with E-state index in [0.29, 0.717) is 5.57 Å². The van der Waals surface area contributed by atoms with Crippen LogP contribution in [-0.2, 0) is 4.79 Å².